The van der Waals surface area contributed by atoms with Gasteiger partial charge in [-0.3, -0.25) is 0 Å². The van der Waals surface area contributed by atoms with Gasteiger partial charge in [0.05, 0.1) is 0 Å². The largest absolute Gasteiger partial charge is 0.508 e. The molecule has 0 aromatic heterocycles. The molecule has 2 bridgehead atoms. The minimum atomic E-state index is 0.294. The Kier molecular flexibility index (Phi) is 3.49. The Morgan fingerprint density at radius 3 is 2.83 bits per heavy atom. The number of phenolic OH excluding ortho intramolecular Hbond substituents is 1. The van der Waals surface area contributed by atoms with Crippen molar-refractivity contribution in [2.75, 3.05) is 6.54 Å². The SMILES string of the molecule is Oc1cccc(Cl)c1CNCC1CC2CCC1C2. The summed E-state index contributed by atoms with van der Waals surface area (Å²) >= 11 is 6.09. The first kappa shape index (κ1) is 12.3. The van der Waals surface area contributed by atoms with E-state index in [0.29, 0.717) is 17.3 Å². The van der Waals surface area contributed by atoms with Crippen molar-refractivity contribution in [3.8, 4) is 5.75 Å². The van der Waals surface area contributed by atoms with Gasteiger partial charge in [-0.05, 0) is 55.7 Å². The average Bonchev–Trinajstić information content (AvgIpc) is 2.95. The Labute approximate surface area is 113 Å². The maximum Gasteiger partial charge on any atom is 0.121 e. The van der Waals surface area contributed by atoms with Crippen LogP contribution in [0.15, 0.2) is 18.2 Å². The van der Waals surface area contributed by atoms with Crippen LogP contribution in [0.5, 0.6) is 5.75 Å². The lowest BCUT2D eigenvalue weighted by atomic mass is 9.89. The fourth-order valence-corrected chi connectivity index (χ4v) is 3.97. The molecule has 3 unspecified atom stereocenters. The summed E-state index contributed by atoms with van der Waals surface area (Å²) in [7, 11) is 0. The van der Waals surface area contributed by atoms with Gasteiger partial charge in [-0.25, -0.2) is 0 Å². The molecule has 2 aliphatic rings. The third-order valence-electron chi connectivity index (χ3n) is 4.69. The van der Waals surface area contributed by atoms with E-state index in [1.807, 2.05) is 6.07 Å². The number of fused-ring (bicyclic) bond motifs is 2. The molecule has 0 spiro atoms. The first-order valence-corrected chi connectivity index (χ1v) is 7.29. The Morgan fingerprint density at radius 1 is 1.28 bits per heavy atom. The van der Waals surface area contributed by atoms with Gasteiger partial charge >= 0.3 is 0 Å². The predicted molar refractivity (Wildman–Crippen MR) is 73.8 cm³/mol. The molecule has 0 saturated heterocycles. The molecule has 3 rings (SSSR count). The summed E-state index contributed by atoms with van der Waals surface area (Å²) < 4.78 is 0. The van der Waals surface area contributed by atoms with Gasteiger partial charge in [0.2, 0.25) is 0 Å². The molecule has 18 heavy (non-hydrogen) atoms. The van der Waals surface area contributed by atoms with Crippen LogP contribution in [-0.4, -0.2) is 11.7 Å². The molecule has 1 aromatic rings. The highest BCUT2D eigenvalue weighted by molar-refractivity contribution is 6.31. The standard InChI is InChI=1S/C15H20ClNO/c16-14-2-1-3-15(18)13(14)9-17-8-12-7-10-4-5-11(12)6-10/h1-3,10-12,17-18H,4-9H2. The van der Waals surface area contributed by atoms with Gasteiger partial charge in [-0.15, -0.1) is 0 Å². The maximum absolute atomic E-state index is 9.76. The van der Waals surface area contributed by atoms with Crippen molar-refractivity contribution >= 4 is 11.6 Å². The fourth-order valence-electron chi connectivity index (χ4n) is 3.73. The van der Waals surface area contributed by atoms with Crippen LogP contribution in [0.3, 0.4) is 0 Å². The lowest BCUT2D eigenvalue weighted by Crippen LogP contribution is -2.26. The van der Waals surface area contributed by atoms with Crippen LogP contribution < -0.4 is 5.32 Å². The van der Waals surface area contributed by atoms with Crippen molar-refractivity contribution in [1.82, 2.24) is 5.32 Å². The molecule has 2 nitrogen and oxygen atoms in total. The van der Waals surface area contributed by atoms with Gasteiger partial charge in [0.15, 0.2) is 0 Å². The van der Waals surface area contributed by atoms with Crippen LogP contribution in [0, 0.1) is 17.8 Å². The molecule has 0 aliphatic heterocycles. The Balaban J connectivity index is 1.53. The molecular weight excluding hydrogens is 246 g/mol. The summed E-state index contributed by atoms with van der Waals surface area (Å²) in [6, 6.07) is 5.30. The van der Waals surface area contributed by atoms with E-state index >= 15 is 0 Å². The van der Waals surface area contributed by atoms with Crippen LogP contribution in [0.2, 0.25) is 5.02 Å². The van der Waals surface area contributed by atoms with E-state index < -0.39 is 0 Å². The lowest BCUT2D eigenvalue weighted by molar-refractivity contribution is 0.318. The first-order chi connectivity index (χ1) is 8.74. The second-order valence-electron chi connectivity index (χ2n) is 5.80. The smallest absolute Gasteiger partial charge is 0.121 e. The Hall–Kier alpha value is -0.730. The minimum Gasteiger partial charge on any atom is -0.508 e. The lowest BCUT2D eigenvalue weighted by Gasteiger charge is -2.22. The fraction of sp³-hybridized carbons (Fsp3) is 0.600. The van der Waals surface area contributed by atoms with E-state index in [0.717, 1.165) is 29.9 Å². The zero-order chi connectivity index (χ0) is 12.5. The molecule has 2 fully saturated rings. The van der Waals surface area contributed by atoms with Crippen LogP contribution in [0.1, 0.15) is 31.2 Å². The molecule has 0 amide bonds. The zero-order valence-corrected chi connectivity index (χ0v) is 11.3. The monoisotopic (exact) mass is 265 g/mol. The van der Waals surface area contributed by atoms with Crippen LogP contribution in [0.25, 0.3) is 0 Å². The van der Waals surface area contributed by atoms with Gasteiger partial charge in [0.25, 0.3) is 0 Å². The molecule has 3 heteroatoms. The van der Waals surface area contributed by atoms with E-state index in [-0.39, 0.29) is 0 Å². The van der Waals surface area contributed by atoms with Crippen molar-refractivity contribution < 1.29 is 5.11 Å². The number of hydrogen-bond acceptors (Lipinski definition) is 2. The van der Waals surface area contributed by atoms with Crippen LogP contribution in [0.4, 0.5) is 0 Å². The zero-order valence-electron chi connectivity index (χ0n) is 10.5. The van der Waals surface area contributed by atoms with Crippen LogP contribution in [-0.2, 0) is 6.54 Å². The number of benzene rings is 1. The highest BCUT2D eigenvalue weighted by Gasteiger charge is 2.38. The van der Waals surface area contributed by atoms with E-state index in [1.54, 1.807) is 12.1 Å². The third-order valence-corrected chi connectivity index (χ3v) is 5.04. The number of halogens is 1. The average molecular weight is 266 g/mol. The van der Waals surface area contributed by atoms with Crippen molar-refractivity contribution in [2.45, 2.75) is 32.2 Å². The van der Waals surface area contributed by atoms with Crippen molar-refractivity contribution in [3.05, 3.63) is 28.8 Å². The van der Waals surface area contributed by atoms with Gasteiger partial charge < -0.3 is 10.4 Å². The number of aromatic hydroxyl groups is 1. The predicted octanol–water partition coefficient (Wildman–Crippen LogP) is 3.57. The van der Waals surface area contributed by atoms with Gasteiger partial charge in [-0.1, -0.05) is 24.1 Å². The molecule has 98 valence electrons. The van der Waals surface area contributed by atoms with E-state index in [9.17, 15) is 5.11 Å². The molecule has 0 heterocycles. The molecule has 2 saturated carbocycles. The minimum absolute atomic E-state index is 0.294. The van der Waals surface area contributed by atoms with Gasteiger partial charge in [0.1, 0.15) is 5.75 Å². The molecule has 2 N–H and O–H groups in total. The van der Waals surface area contributed by atoms with E-state index in [4.69, 9.17) is 11.6 Å². The number of nitrogens with one attached hydrogen (secondary N) is 1. The topological polar surface area (TPSA) is 32.3 Å². The maximum atomic E-state index is 9.76. The Morgan fingerprint density at radius 2 is 2.17 bits per heavy atom. The summed E-state index contributed by atoms with van der Waals surface area (Å²) in [5, 5.41) is 13.9. The van der Waals surface area contributed by atoms with Crippen molar-refractivity contribution in [2.24, 2.45) is 17.8 Å². The first-order valence-electron chi connectivity index (χ1n) is 6.91. The molecule has 2 aliphatic carbocycles. The van der Waals surface area contributed by atoms with Crippen LogP contribution >= 0.6 is 11.6 Å². The van der Waals surface area contributed by atoms with Crippen molar-refractivity contribution in [1.29, 1.82) is 0 Å². The number of hydrogen-bond donors (Lipinski definition) is 2. The van der Waals surface area contributed by atoms with Gasteiger partial charge in [0, 0.05) is 17.1 Å². The normalized spacial score (nSPS) is 29.9. The molecule has 1 aromatic carbocycles. The van der Waals surface area contributed by atoms with Crippen molar-refractivity contribution in [3.63, 3.8) is 0 Å². The highest BCUT2D eigenvalue weighted by Crippen LogP contribution is 2.47. The molecule has 3 atom stereocenters. The van der Waals surface area contributed by atoms with E-state index in [2.05, 4.69) is 5.32 Å². The second kappa shape index (κ2) is 5.10. The Bertz CT molecular complexity index is 414. The summed E-state index contributed by atoms with van der Waals surface area (Å²) in [6.45, 7) is 1.73. The van der Waals surface area contributed by atoms with E-state index in [1.165, 1.54) is 25.7 Å². The third kappa shape index (κ3) is 2.36. The summed E-state index contributed by atoms with van der Waals surface area (Å²) in [4.78, 5) is 0. The number of rotatable bonds is 4. The quantitative estimate of drug-likeness (QED) is 0.872. The molecule has 0 radical (unpaired) electrons. The summed E-state index contributed by atoms with van der Waals surface area (Å²) in [6.07, 6.45) is 5.72. The summed E-state index contributed by atoms with van der Waals surface area (Å²) in [5.74, 6) is 3.08. The highest BCUT2D eigenvalue weighted by atomic mass is 35.5. The molecular formula is C15H20ClNO. The second-order valence-corrected chi connectivity index (χ2v) is 6.21. The summed E-state index contributed by atoms with van der Waals surface area (Å²) in [5.41, 5.74) is 0.822. The van der Waals surface area contributed by atoms with Gasteiger partial charge in [-0.2, -0.15) is 0 Å². The number of phenols is 1.